The van der Waals surface area contributed by atoms with Gasteiger partial charge in [-0.3, -0.25) is 4.79 Å². The molecule has 6 rings (SSSR count). The van der Waals surface area contributed by atoms with E-state index in [0.717, 1.165) is 44.5 Å². The predicted molar refractivity (Wildman–Crippen MR) is 147 cm³/mol. The van der Waals surface area contributed by atoms with Crippen molar-refractivity contribution >= 4 is 33.9 Å². The molecule has 1 aliphatic carbocycles. The largest absolute Gasteiger partial charge is 0.456 e. The molecule has 0 radical (unpaired) electrons. The lowest BCUT2D eigenvalue weighted by Crippen LogP contribution is -2.70. The summed E-state index contributed by atoms with van der Waals surface area (Å²) < 4.78 is 6.47. The average molecular weight is 483 g/mol. The van der Waals surface area contributed by atoms with Crippen molar-refractivity contribution in [1.29, 1.82) is 0 Å². The zero-order chi connectivity index (χ0) is 25.2. The van der Waals surface area contributed by atoms with Crippen molar-refractivity contribution in [3.05, 3.63) is 132 Å². The number of fused-ring (bicyclic) bond motifs is 2. The minimum atomic E-state index is -0.470. The van der Waals surface area contributed by atoms with Gasteiger partial charge in [-0.05, 0) is 42.0 Å². The number of carbonyl (C=O) groups is 1. The van der Waals surface area contributed by atoms with Crippen LogP contribution < -0.4 is 21.4 Å². The van der Waals surface area contributed by atoms with Gasteiger partial charge in [0.1, 0.15) is 11.3 Å². The summed E-state index contributed by atoms with van der Waals surface area (Å²) in [5.41, 5.74) is 12.4. The van der Waals surface area contributed by atoms with Crippen LogP contribution in [0.4, 0.5) is 17.1 Å². The smallest absolute Gasteiger partial charge is 0.249 e. The third-order valence-electron chi connectivity index (χ3n) is 6.31. The molecular weight excluding hydrogens is 458 g/mol. The highest BCUT2D eigenvalue weighted by atomic mass is 16.3. The van der Waals surface area contributed by atoms with Crippen molar-refractivity contribution in [2.75, 3.05) is 5.32 Å². The van der Waals surface area contributed by atoms with Gasteiger partial charge in [-0.2, -0.15) is 0 Å². The molecule has 4 aromatic carbocycles. The molecule has 0 saturated heterocycles. The Balaban J connectivity index is 1.61. The average Bonchev–Trinajstić information content (AvgIpc) is 2.93. The molecule has 0 fully saturated rings. The van der Waals surface area contributed by atoms with Crippen LogP contribution in [0.1, 0.15) is 10.4 Å². The third-order valence-corrected chi connectivity index (χ3v) is 6.31. The SMILES string of the molecule is NC(=O)c1ccccc1-c1c2ccc(=[NH+]c3ccccc3)cc-2oc2cc(Nc3ccccc3)ccc12. The Morgan fingerprint density at radius 2 is 1.43 bits per heavy atom. The first-order chi connectivity index (χ1) is 18.2. The van der Waals surface area contributed by atoms with Crippen molar-refractivity contribution in [2.45, 2.75) is 0 Å². The van der Waals surface area contributed by atoms with E-state index in [1.54, 1.807) is 6.07 Å². The van der Waals surface area contributed by atoms with Gasteiger partial charge in [0.25, 0.3) is 0 Å². The Kier molecular flexibility index (Phi) is 5.71. The van der Waals surface area contributed by atoms with E-state index in [-0.39, 0.29) is 0 Å². The Hall–Kier alpha value is -5.16. The standard InChI is InChI=1S/C32H23N3O2/c33-32(36)26-14-8-7-13-25(26)31-27-17-15-23(34-21-9-3-1-4-10-21)19-29(27)37-30-20-24(16-18-28(30)31)35-22-11-5-2-6-12-22/h1-20,34H,(H2,33,36)/p+1. The van der Waals surface area contributed by atoms with E-state index in [4.69, 9.17) is 10.2 Å². The van der Waals surface area contributed by atoms with Crippen LogP contribution in [0.15, 0.2) is 126 Å². The molecular formula is C32H24N3O2+. The molecule has 0 bridgehead atoms. The van der Waals surface area contributed by atoms with Crippen molar-refractivity contribution in [3.8, 4) is 22.5 Å². The molecule has 37 heavy (non-hydrogen) atoms. The van der Waals surface area contributed by atoms with E-state index in [2.05, 4.69) is 10.3 Å². The monoisotopic (exact) mass is 482 g/mol. The maximum atomic E-state index is 12.4. The first kappa shape index (κ1) is 22.3. The van der Waals surface area contributed by atoms with Gasteiger partial charge in [0, 0.05) is 57.7 Å². The Labute approximate surface area is 213 Å². The fourth-order valence-electron chi connectivity index (χ4n) is 4.63. The van der Waals surface area contributed by atoms with Crippen molar-refractivity contribution in [3.63, 3.8) is 0 Å². The van der Waals surface area contributed by atoms with Crippen molar-refractivity contribution in [1.82, 2.24) is 0 Å². The third kappa shape index (κ3) is 4.46. The first-order valence-corrected chi connectivity index (χ1v) is 12.0. The number of primary amides is 1. The minimum absolute atomic E-state index is 0.467. The van der Waals surface area contributed by atoms with E-state index in [1.165, 1.54) is 0 Å². The summed E-state index contributed by atoms with van der Waals surface area (Å²) in [5, 5.41) is 5.22. The summed E-state index contributed by atoms with van der Waals surface area (Å²) in [5.74, 6) is 0.224. The van der Waals surface area contributed by atoms with Gasteiger partial charge in [0.2, 0.25) is 17.0 Å². The second kappa shape index (κ2) is 9.47. The maximum Gasteiger partial charge on any atom is 0.249 e. The van der Waals surface area contributed by atoms with Gasteiger partial charge in [-0.1, -0.05) is 54.6 Å². The second-order valence-electron chi connectivity index (χ2n) is 8.79. The molecule has 2 aliphatic rings. The fourth-order valence-corrected chi connectivity index (χ4v) is 4.63. The molecule has 5 nitrogen and oxygen atoms in total. The number of nitrogens with two attached hydrogens (primary N) is 1. The van der Waals surface area contributed by atoms with Gasteiger partial charge in [-0.25, -0.2) is 4.99 Å². The van der Waals surface area contributed by atoms with Crippen LogP contribution in [-0.2, 0) is 0 Å². The highest BCUT2D eigenvalue weighted by Gasteiger charge is 2.21. The number of hydrogen-bond acceptors (Lipinski definition) is 3. The maximum absolute atomic E-state index is 12.4. The molecule has 0 saturated carbocycles. The predicted octanol–water partition coefficient (Wildman–Crippen LogP) is 5.36. The number of para-hydroxylation sites is 2. The molecule has 5 heteroatoms. The molecule has 1 amide bonds. The highest BCUT2D eigenvalue weighted by Crippen LogP contribution is 2.41. The number of amides is 1. The summed E-state index contributed by atoms with van der Waals surface area (Å²) in [6.45, 7) is 0. The van der Waals surface area contributed by atoms with Gasteiger partial charge in [-0.15, -0.1) is 0 Å². The highest BCUT2D eigenvalue weighted by molar-refractivity contribution is 6.09. The number of carbonyl (C=O) groups excluding carboxylic acids is 1. The lowest BCUT2D eigenvalue weighted by molar-refractivity contribution is -0.402. The van der Waals surface area contributed by atoms with Crippen LogP contribution in [0, 0.1) is 0 Å². The number of benzene rings is 5. The van der Waals surface area contributed by atoms with E-state index in [0.29, 0.717) is 16.9 Å². The Morgan fingerprint density at radius 3 is 2.22 bits per heavy atom. The van der Waals surface area contributed by atoms with Crippen LogP contribution >= 0.6 is 0 Å². The molecule has 1 heterocycles. The molecule has 0 unspecified atom stereocenters. The normalized spacial score (nSPS) is 11.6. The van der Waals surface area contributed by atoms with Gasteiger partial charge in [0.15, 0.2) is 0 Å². The quantitative estimate of drug-likeness (QED) is 0.289. The van der Waals surface area contributed by atoms with Crippen molar-refractivity contribution in [2.24, 2.45) is 5.73 Å². The van der Waals surface area contributed by atoms with Crippen LogP contribution in [0.2, 0.25) is 0 Å². The summed E-state index contributed by atoms with van der Waals surface area (Å²) in [7, 11) is 0. The molecule has 178 valence electrons. The molecule has 0 spiro atoms. The molecule has 4 N–H and O–H groups in total. The van der Waals surface area contributed by atoms with Crippen LogP contribution in [0.25, 0.3) is 33.4 Å². The zero-order valence-electron chi connectivity index (χ0n) is 19.9. The fraction of sp³-hybridized carbons (Fsp3) is 0. The lowest BCUT2D eigenvalue weighted by Gasteiger charge is -2.17. The minimum Gasteiger partial charge on any atom is -0.456 e. The summed E-state index contributed by atoms with van der Waals surface area (Å²) >= 11 is 0. The van der Waals surface area contributed by atoms with E-state index in [9.17, 15) is 4.79 Å². The first-order valence-electron chi connectivity index (χ1n) is 12.0. The number of anilines is 2. The molecule has 1 aliphatic heterocycles. The Morgan fingerprint density at radius 1 is 0.703 bits per heavy atom. The number of hydrogen-bond donors (Lipinski definition) is 3. The number of nitrogens with one attached hydrogen (secondary N) is 2. The van der Waals surface area contributed by atoms with Gasteiger partial charge >= 0.3 is 0 Å². The second-order valence-corrected chi connectivity index (χ2v) is 8.79. The molecule has 4 aromatic rings. The van der Waals surface area contributed by atoms with Crippen LogP contribution in [0.3, 0.4) is 0 Å². The van der Waals surface area contributed by atoms with Crippen LogP contribution in [0.5, 0.6) is 0 Å². The Bertz CT molecular complexity index is 1770. The van der Waals surface area contributed by atoms with Gasteiger partial charge < -0.3 is 15.5 Å². The summed E-state index contributed by atoms with van der Waals surface area (Å²) in [6, 6.07) is 39.4. The van der Waals surface area contributed by atoms with Crippen molar-refractivity contribution < 1.29 is 14.2 Å². The van der Waals surface area contributed by atoms with Crippen LogP contribution in [-0.4, -0.2) is 5.91 Å². The number of rotatable bonds is 5. The summed E-state index contributed by atoms with van der Waals surface area (Å²) in [6.07, 6.45) is 0. The zero-order valence-corrected chi connectivity index (χ0v) is 19.9. The van der Waals surface area contributed by atoms with E-state index < -0.39 is 5.91 Å². The molecule has 0 aromatic heterocycles. The molecule has 0 atom stereocenters. The van der Waals surface area contributed by atoms with E-state index in [1.807, 2.05) is 115 Å². The lowest BCUT2D eigenvalue weighted by atomic mass is 9.90. The topological polar surface area (TPSA) is 82.2 Å². The van der Waals surface area contributed by atoms with E-state index >= 15 is 0 Å². The van der Waals surface area contributed by atoms with Gasteiger partial charge in [0.05, 0.1) is 6.07 Å². The summed E-state index contributed by atoms with van der Waals surface area (Å²) in [4.78, 5) is 15.8.